The fourth-order valence-electron chi connectivity index (χ4n) is 3.00. The number of aromatic nitrogens is 1. The molecule has 1 aliphatic carbocycles. The molecule has 19 heavy (non-hydrogen) atoms. The molecule has 1 aliphatic heterocycles. The van der Waals surface area contributed by atoms with E-state index in [-0.39, 0.29) is 21.4 Å². The van der Waals surface area contributed by atoms with Crippen LogP contribution >= 0.6 is 0 Å². The molecule has 104 valence electrons. The Bertz CT molecular complexity index is 581. The van der Waals surface area contributed by atoms with Gasteiger partial charge in [-0.2, -0.15) is 0 Å². The van der Waals surface area contributed by atoms with E-state index in [1.807, 2.05) is 0 Å². The normalized spacial score (nSPS) is 26.0. The number of nitrogen functional groups attached to an aromatic ring is 1. The zero-order valence-corrected chi connectivity index (χ0v) is 11.5. The lowest BCUT2D eigenvalue weighted by Crippen LogP contribution is -2.49. The summed E-state index contributed by atoms with van der Waals surface area (Å²) in [6, 6.07) is 1.49. The second-order valence-corrected chi connectivity index (χ2v) is 7.65. The van der Waals surface area contributed by atoms with Crippen molar-refractivity contribution in [1.29, 1.82) is 0 Å². The molecular weight excluding hydrogens is 264 g/mol. The van der Waals surface area contributed by atoms with Crippen LogP contribution in [0.2, 0.25) is 0 Å². The predicted molar refractivity (Wildman–Crippen MR) is 71.4 cm³/mol. The van der Waals surface area contributed by atoms with Gasteiger partial charge < -0.3 is 10.5 Å². The van der Waals surface area contributed by atoms with Gasteiger partial charge in [0.1, 0.15) is 0 Å². The maximum atomic E-state index is 12.7. The lowest BCUT2D eigenvalue weighted by molar-refractivity contribution is -0.125. The van der Waals surface area contributed by atoms with Crippen molar-refractivity contribution in [2.75, 3.05) is 12.3 Å². The first-order valence-corrected chi connectivity index (χ1v) is 8.16. The molecule has 2 aliphatic rings. The van der Waals surface area contributed by atoms with E-state index in [1.165, 1.54) is 18.5 Å². The number of anilines is 1. The van der Waals surface area contributed by atoms with Crippen molar-refractivity contribution in [1.82, 2.24) is 4.98 Å². The van der Waals surface area contributed by atoms with Gasteiger partial charge in [0.25, 0.3) is 0 Å². The molecule has 1 saturated heterocycles. The van der Waals surface area contributed by atoms with Crippen LogP contribution in [-0.4, -0.2) is 30.9 Å². The summed E-state index contributed by atoms with van der Waals surface area (Å²) < 4.78 is 31.1. The third-order valence-electron chi connectivity index (χ3n) is 4.27. The van der Waals surface area contributed by atoms with E-state index in [0.717, 1.165) is 19.3 Å². The number of sulfone groups is 1. The highest BCUT2D eigenvalue weighted by Crippen LogP contribution is 2.44. The topological polar surface area (TPSA) is 82.3 Å². The minimum atomic E-state index is -3.38. The Hall–Kier alpha value is -1.14. The van der Waals surface area contributed by atoms with Crippen molar-refractivity contribution in [2.24, 2.45) is 0 Å². The fraction of sp³-hybridized carbons (Fsp3) is 0.615. The van der Waals surface area contributed by atoms with Crippen molar-refractivity contribution in [3.8, 4) is 0 Å². The predicted octanol–water partition coefficient (Wildman–Crippen LogP) is 1.54. The highest BCUT2D eigenvalue weighted by Gasteiger charge is 2.46. The van der Waals surface area contributed by atoms with Gasteiger partial charge in [0, 0.05) is 12.8 Å². The molecule has 3 rings (SSSR count). The molecule has 1 unspecified atom stereocenters. The van der Waals surface area contributed by atoms with Gasteiger partial charge in [-0.1, -0.05) is 0 Å². The molecule has 5 nitrogen and oxygen atoms in total. The molecule has 0 amide bonds. The van der Waals surface area contributed by atoms with E-state index in [9.17, 15) is 8.42 Å². The average Bonchev–Trinajstić information content (AvgIpc) is 2.37. The van der Waals surface area contributed by atoms with Crippen molar-refractivity contribution >= 4 is 15.5 Å². The molecule has 2 fully saturated rings. The highest BCUT2D eigenvalue weighted by atomic mass is 32.2. The maximum Gasteiger partial charge on any atom is 0.183 e. The molecule has 1 saturated carbocycles. The second-order valence-electron chi connectivity index (χ2n) is 5.46. The minimum Gasteiger partial charge on any atom is -0.396 e. The van der Waals surface area contributed by atoms with Crippen molar-refractivity contribution < 1.29 is 13.2 Å². The van der Waals surface area contributed by atoms with Gasteiger partial charge in [0.15, 0.2) is 9.84 Å². The molecule has 0 radical (unpaired) electrons. The number of ether oxygens (including phenoxy) is 1. The molecule has 2 N–H and O–H groups in total. The first-order valence-electron chi connectivity index (χ1n) is 6.61. The maximum absolute atomic E-state index is 12.7. The third kappa shape index (κ3) is 2.12. The van der Waals surface area contributed by atoms with Gasteiger partial charge in [-0.05, 0) is 38.2 Å². The Morgan fingerprint density at radius 2 is 2.21 bits per heavy atom. The lowest BCUT2D eigenvalue weighted by atomic mass is 9.75. The van der Waals surface area contributed by atoms with Gasteiger partial charge in [-0.15, -0.1) is 0 Å². The smallest absolute Gasteiger partial charge is 0.183 e. The van der Waals surface area contributed by atoms with Crippen LogP contribution in [0.5, 0.6) is 0 Å². The second kappa shape index (κ2) is 4.45. The number of rotatable bonds is 2. The van der Waals surface area contributed by atoms with E-state index >= 15 is 0 Å². The van der Waals surface area contributed by atoms with Crippen LogP contribution in [0.25, 0.3) is 0 Å². The van der Waals surface area contributed by atoms with Crippen LogP contribution in [-0.2, 0) is 14.6 Å². The lowest BCUT2D eigenvalue weighted by Gasteiger charge is -2.46. The molecule has 1 spiro atoms. The van der Waals surface area contributed by atoms with Crippen LogP contribution < -0.4 is 5.73 Å². The zero-order valence-electron chi connectivity index (χ0n) is 10.7. The summed E-state index contributed by atoms with van der Waals surface area (Å²) in [5.74, 6) is 0. The SMILES string of the molecule is Nc1cnccc1S(=O)(=O)C1CCOC2(CCC2)C1. The Morgan fingerprint density at radius 1 is 1.42 bits per heavy atom. The summed E-state index contributed by atoms with van der Waals surface area (Å²) in [6.07, 6.45) is 7.09. The first kappa shape index (κ1) is 12.9. The van der Waals surface area contributed by atoms with Gasteiger partial charge in [0.05, 0.1) is 27.6 Å². The first-order chi connectivity index (χ1) is 9.04. The Morgan fingerprint density at radius 3 is 2.84 bits per heavy atom. The van der Waals surface area contributed by atoms with Gasteiger partial charge in [-0.3, -0.25) is 4.98 Å². The summed E-state index contributed by atoms with van der Waals surface area (Å²) in [6.45, 7) is 0.523. The number of hydrogen-bond acceptors (Lipinski definition) is 5. The molecule has 2 heterocycles. The summed E-state index contributed by atoms with van der Waals surface area (Å²) >= 11 is 0. The third-order valence-corrected chi connectivity index (χ3v) is 6.53. The summed E-state index contributed by atoms with van der Waals surface area (Å²) in [4.78, 5) is 4.06. The summed E-state index contributed by atoms with van der Waals surface area (Å²) in [5, 5.41) is -0.383. The largest absolute Gasteiger partial charge is 0.396 e. The number of nitrogens with two attached hydrogens (primary N) is 1. The van der Waals surface area contributed by atoms with Crippen molar-refractivity contribution in [3.63, 3.8) is 0 Å². The van der Waals surface area contributed by atoms with E-state index in [2.05, 4.69) is 4.98 Å². The standard InChI is InChI=1S/C13H18N2O3S/c14-11-9-15-6-2-12(11)19(16,17)10-3-7-18-13(8-10)4-1-5-13/h2,6,9-10H,1,3-5,7-8,14H2. The Kier molecular flexibility index (Phi) is 3.02. The van der Waals surface area contributed by atoms with Gasteiger partial charge in [0.2, 0.25) is 0 Å². The van der Waals surface area contributed by atoms with Gasteiger partial charge in [-0.25, -0.2) is 8.42 Å². The van der Waals surface area contributed by atoms with E-state index in [0.29, 0.717) is 19.4 Å². The Balaban J connectivity index is 1.90. The Labute approximate surface area is 113 Å². The summed E-state index contributed by atoms with van der Waals surface area (Å²) in [7, 11) is -3.38. The quantitative estimate of drug-likeness (QED) is 0.889. The molecule has 6 heteroatoms. The van der Waals surface area contributed by atoms with E-state index in [1.54, 1.807) is 0 Å². The van der Waals surface area contributed by atoms with Gasteiger partial charge >= 0.3 is 0 Å². The average molecular weight is 282 g/mol. The molecule has 0 aromatic carbocycles. The molecule has 0 bridgehead atoms. The fourth-order valence-corrected chi connectivity index (χ4v) is 4.92. The van der Waals surface area contributed by atoms with Crippen LogP contribution in [0.15, 0.2) is 23.4 Å². The minimum absolute atomic E-state index is 0.183. The van der Waals surface area contributed by atoms with Crippen LogP contribution in [0, 0.1) is 0 Å². The molecule has 1 aromatic rings. The monoisotopic (exact) mass is 282 g/mol. The van der Waals surface area contributed by atoms with Crippen LogP contribution in [0.3, 0.4) is 0 Å². The van der Waals surface area contributed by atoms with Crippen LogP contribution in [0.4, 0.5) is 5.69 Å². The van der Waals surface area contributed by atoms with Crippen molar-refractivity contribution in [2.45, 2.75) is 47.9 Å². The zero-order chi connectivity index (χ0) is 13.5. The molecular formula is C13H18N2O3S. The highest BCUT2D eigenvalue weighted by molar-refractivity contribution is 7.92. The number of nitrogens with zero attached hydrogens (tertiary/aromatic N) is 1. The number of hydrogen-bond donors (Lipinski definition) is 1. The van der Waals surface area contributed by atoms with Crippen LogP contribution in [0.1, 0.15) is 32.1 Å². The molecule has 1 aromatic heterocycles. The van der Waals surface area contributed by atoms with E-state index < -0.39 is 9.84 Å². The van der Waals surface area contributed by atoms with E-state index in [4.69, 9.17) is 10.5 Å². The summed E-state index contributed by atoms with van der Waals surface area (Å²) in [5.41, 5.74) is 5.80. The number of pyridine rings is 1. The van der Waals surface area contributed by atoms with Crippen molar-refractivity contribution in [3.05, 3.63) is 18.5 Å². The molecule has 1 atom stereocenters.